The lowest BCUT2D eigenvalue weighted by Crippen LogP contribution is -2.13. The van der Waals surface area contributed by atoms with Crippen molar-refractivity contribution in [2.75, 3.05) is 19.5 Å². The first-order valence-corrected chi connectivity index (χ1v) is 6.43. The molecule has 1 aromatic carbocycles. The molecule has 1 heterocycles. The predicted octanol–water partition coefficient (Wildman–Crippen LogP) is 2.73. The maximum absolute atomic E-state index is 11.9. The Labute approximate surface area is 127 Å². The fraction of sp³-hybridized carbons (Fsp3) is 0.125. The van der Waals surface area contributed by atoms with E-state index in [-0.39, 0.29) is 5.56 Å². The van der Waals surface area contributed by atoms with Crippen LogP contribution in [-0.4, -0.2) is 26.1 Å². The van der Waals surface area contributed by atoms with E-state index in [1.165, 1.54) is 38.7 Å². The zero-order valence-electron chi connectivity index (χ0n) is 12.2. The van der Waals surface area contributed by atoms with Gasteiger partial charge >= 0.3 is 5.97 Å². The molecule has 0 saturated carbocycles. The first kappa shape index (κ1) is 15.4. The Hall–Kier alpha value is -3.02. The molecule has 0 fully saturated rings. The van der Waals surface area contributed by atoms with Crippen LogP contribution < -0.4 is 10.1 Å². The molecular weight excluding hydrogens is 286 g/mol. The van der Waals surface area contributed by atoms with Crippen molar-refractivity contribution in [1.82, 2.24) is 0 Å². The van der Waals surface area contributed by atoms with Gasteiger partial charge in [-0.25, -0.2) is 4.79 Å². The number of hydrogen-bond donors (Lipinski definition) is 1. The maximum atomic E-state index is 11.9. The number of benzene rings is 1. The van der Waals surface area contributed by atoms with Gasteiger partial charge in [0.15, 0.2) is 0 Å². The number of carbonyl (C=O) groups is 2. The van der Waals surface area contributed by atoms with E-state index >= 15 is 0 Å². The highest BCUT2D eigenvalue weighted by Gasteiger charge is 2.14. The Kier molecular flexibility index (Phi) is 4.98. The Balaban J connectivity index is 2.17. The molecular formula is C16H15NO5. The van der Waals surface area contributed by atoms with Gasteiger partial charge in [-0.2, -0.15) is 0 Å². The summed E-state index contributed by atoms with van der Waals surface area (Å²) in [5.74, 6) is 0.0820. The van der Waals surface area contributed by atoms with Gasteiger partial charge < -0.3 is 19.2 Å². The normalized spacial score (nSPS) is 10.5. The van der Waals surface area contributed by atoms with Crippen LogP contribution in [0.1, 0.15) is 16.1 Å². The average molecular weight is 301 g/mol. The molecule has 0 saturated heterocycles. The van der Waals surface area contributed by atoms with Crippen LogP contribution in [0.15, 0.2) is 47.1 Å². The lowest BCUT2D eigenvalue weighted by molar-refractivity contribution is -0.111. The zero-order valence-corrected chi connectivity index (χ0v) is 12.2. The van der Waals surface area contributed by atoms with Crippen molar-refractivity contribution in [2.45, 2.75) is 0 Å². The molecule has 0 aliphatic carbocycles. The van der Waals surface area contributed by atoms with Gasteiger partial charge in [0.2, 0.25) is 5.91 Å². The molecule has 114 valence electrons. The second-order valence-electron chi connectivity index (χ2n) is 4.24. The van der Waals surface area contributed by atoms with Crippen molar-refractivity contribution in [3.8, 4) is 5.75 Å². The second-order valence-corrected chi connectivity index (χ2v) is 4.24. The lowest BCUT2D eigenvalue weighted by Gasteiger charge is -2.10. The van der Waals surface area contributed by atoms with Crippen LogP contribution in [0.5, 0.6) is 5.75 Å². The highest BCUT2D eigenvalue weighted by atomic mass is 16.5. The molecule has 0 aliphatic rings. The Bertz CT molecular complexity index is 689. The van der Waals surface area contributed by atoms with Gasteiger partial charge in [0.05, 0.1) is 31.7 Å². The monoisotopic (exact) mass is 301 g/mol. The van der Waals surface area contributed by atoms with Crippen molar-refractivity contribution in [1.29, 1.82) is 0 Å². The van der Waals surface area contributed by atoms with Gasteiger partial charge in [-0.1, -0.05) is 0 Å². The molecule has 0 spiro atoms. The van der Waals surface area contributed by atoms with Crippen molar-refractivity contribution in [3.63, 3.8) is 0 Å². The summed E-state index contributed by atoms with van der Waals surface area (Å²) in [4.78, 5) is 23.7. The van der Waals surface area contributed by atoms with E-state index in [1.54, 1.807) is 24.3 Å². The van der Waals surface area contributed by atoms with Crippen molar-refractivity contribution in [3.05, 3.63) is 54.0 Å². The number of furan rings is 1. The van der Waals surface area contributed by atoms with Gasteiger partial charge in [-0.15, -0.1) is 0 Å². The third-order valence-electron chi connectivity index (χ3n) is 2.83. The number of carbonyl (C=O) groups excluding carboxylic acids is 2. The SMILES string of the molecule is COC(=O)c1cc(OC)ccc1NC(=O)C=Cc1ccco1. The molecule has 6 nitrogen and oxygen atoms in total. The van der Waals surface area contributed by atoms with Crippen LogP contribution in [0.4, 0.5) is 5.69 Å². The van der Waals surface area contributed by atoms with Gasteiger partial charge in [0.25, 0.3) is 0 Å². The third-order valence-corrected chi connectivity index (χ3v) is 2.83. The Morgan fingerprint density at radius 2 is 2.05 bits per heavy atom. The molecule has 1 amide bonds. The zero-order chi connectivity index (χ0) is 15.9. The number of nitrogens with one attached hydrogen (secondary N) is 1. The smallest absolute Gasteiger partial charge is 0.340 e. The van der Waals surface area contributed by atoms with E-state index in [0.717, 1.165) is 0 Å². The van der Waals surface area contributed by atoms with Gasteiger partial charge in [0.1, 0.15) is 11.5 Å². The summed E-state index contributed by atoms with van der Waals surface area (Å²) < 4.78 is 14.8. The van der Waals surface area contributed by atoms with Crippen LogP contribution in [0, 0.1) is 0 Å². The first-order chi connectivity index (χ1) is 10.6. The molecule has 2 aromatic rings. The van der Waals surface area contributed by atoms with E-state index in [4.69, 9.17) is 13.9 Å². The number of methoxy groups -OCH3 is 2. The molecule has 2 rings (SSSR count). The number of esters is 1. The van der Waals surface area contributed by atoms with E-state index in [9.17, 15) is 9.59 Å². The number of rotatable bonds is 5. The Morgan fingerprint density at radius 3 is 2.68 bits per heavy atom. The molecule has 0 bridgehead atoms. The summed E-state index contributed by atoms with van der Waals surface area (Å²) in [5.41, 5.74) is 0.545. The molecule has 0 aliphatic heterocycles. The summed E-state index contributed by atoms with van der Waals surface area (Å²) in [6.07, 6.45) is 4.34. The minimum Gasteiger partial charge on any atom is -0.497 e. The van der Waals surface area contributed by atoms with E-state index in [0.29, 0.717) is 17.2 Å². The summed E-state index contributed by atoms with van der Waals surface area (Å²) in [7, 11) is 2.75. The molecule has 22 heavy (non-hydrogen) atoms. The van der Waals surface area contributed by atoms with Crippen LogP contribution >= 0.6 is 0 Å². The van der Waals surface area contributed by atoms with Crippen molar-refractivity contribution >= 4 is 23.6 Å². The van der Waals surface area contributed by atoms with Crippen LogP contribution in [0.25, 0.3) is 6.08 Å². The van der Waals surface area contributed by atoms with E-state index in [1.807, 2.05) is 0 Å². The highest BCUT2D eigenvalue weighted by Crippen LogP contribution is 2.23. The number of amides is 1. The lowest BCUT2D eigenvalue weighted by atomic mass is 10.1. The number of ether oxygens (including phenoxy) is 2. The van der Waals surface area contributed by atoms with Crippen molar-refractivity contribution in [2.24, 2.45) is 0 Å². The summed E-state index contributed by atoms with van der Waals surface area (Å²) >= 11 is 0. The minimum atomic E-state index is -0.566. The van der Waals surface area contributed by atoms with E-state index < -0.39 is 11.9 Å². The molecule has 0 unspecified atom stereocenters. The highest BCUT2D eigenvalue weighted by molar-refractivity contribution is 6.06. The first-order valence-electron chi connectivity index (χ1n) is 6.43. The minimum absolute atomic E-state index is 0.210. The topological polar surface area (TPSA) is 77.8 Å². The molecule has 1 aromatic heterocycles. The maximum Gasteiger partial charge on any atom is 0.340 e. The molecule has 1 N–H and O–H groups in total. The molecule has 0 radical (unpaired) electrons. The van der Waals surface area contributed by atoms with E-state index in [2.05, 4.69) is 5.32 Å². The largest absolute Gasteiger partial charge is 0.497 e. The fourth-order valence-electron chi connectivity index (χ4n) is 1.76. The van der Waals surface area contributed by atoms with Crippen molar-refractivity contribution < 1.29 is 23.5 Å². The van der Waals surface area contributed by atoms with Gasteiger partial charge in [-0.3, -0.25) is 4.79 Å². The van der Waals surface area contributed by atoms with Crippen LogP contribution in [0.2, 0.25) is 0 Å². The summed E-state index contributed by atoms with van der Waals surface area (Å²) in [6, 6.07) is 8.15. The number of hydrogen-bond acceptors (Lipinski definition) is 5. The second kappa shape index (κ2) is 7.12. The standard InChI is InChI=1S/C16H15NO5/c1-20-12-5-7-14(13(10-12)16(19)21-2)17-15(18)8-6-11-4-3-9-22-11/h3-10H,1-2H3,(H,17,18). The molecule has 6 heteroatoms. The Morgan fingerprint density at radius 1 is 1.23 bits per heavy atom. The van der Waals surface area contributed by atoms with Gasteiger partial charge in [0, 0.05) is 6.08 Å². The van der Waals surface area contributed by atoms with Crippen LogP contribution in [-0.2, 0) is 9.53 Å². The average Bonchev–Trinajstić information content (AvgIpc) is 3.06. The summed E-state index contributed by atoms with van der Waals surface area (Å²) in [6.45, 7) is 0. The van der Waals surface area contributed by atoms with Crippen LogP contribution in [0.3, 0.4) is 0 Å². The predicted molar refractivity (Wildman–Crippen MR) is 80.7 cm³/mol. The quantitative estimate of drug-likeness (QED) is 0.678. The number of anilines is 1. The summed E-state index contributed by atoms with van der Waals surface area (Å²) in [5, 5.41) is 2.62. The van der Waals surface area contributed by atoms with Gasteiger partial charge in [-0.05, 0) is 36.4 Å². The molecule has 0 atom stereocenters. The fourth-order valence-corrected chi connectivity index (χ4v) is 1.76. The third kappa shape index (κ3) is 3.76.